The molecule has 1 unspecified atom stereocenters. The van der Waals surface area contributed by atoms with Gasteiger partial charge in [0.1, 0.15) is 0 Å². The maximum atomic E-state index is 11.6. The maximum absolute atomic E-state index is 11.6. The monoisotopic (exact) mass is 295 g/mol. The summed E-state index contributed by atoms with van der Waals surface area (Å²) in [5, 5.41) is 12.5. The molecule has 1 aromatic carbocycles. The third-order valence-corrected chi connectivity index (χ3v) is 3.94. The van der Waals surface area contributed by atoms with Gasteiger partial charge in [-0.1, -0.05) is 32.0 Å². The van der Waals surface area contributed by atoms with E-state index in [1.54, 1.807) is 11.8 Å². The Hall–Kier alpha value is -1.00. The van der Waals surface area contributed by atoms with Crippen molar-refractivity contribution in [2.75, 3.05) is 12.3 Å². The lowest BCUT2D eigenvalue weighted by Crippen LogP contribution is -2.32. The van der Waals surface area contributed by atoms with Crippen LogP contribution in [0, 0.1) is 5.92 Å². The second-order valence-corrected chi connectivity index (χ2v) is 6.52. The van der Waals surface area contributed by atoms with Crippen molar-refractivity contribution in [2.24, 2.45) is 5.92 Å². The summed E-state index contributed by atoms with van der Waals surface area (Å²) in [5.74, 6) is 1.41. The number of thioether (sulfide) groups is 1. The molecule has 0 radical (unpaired) electrons. The molecule has 1 atom stereocenters. The average Bonchev–Trinajstić information content (AvgIpc) is 2.42. The van der Waals surface area contributed by atoms with Crippen LogP contribution in [0.3, 0.4) is 0 Å². The Balaban J connectivity index is 2.05. The molecule has 0 bridgehead atoms. The minimum absolute atomic E-state index is 0.0291. The predicted octanol–water partition coefficient (Wildman–Crippen LogP) is 3.08. The van der Waals surface area contributed by atoms with E-state index < -0.39 is 6.10 Å². The molecule has 2 N–H and O–H groups in total. The van der Waals surface area contributed by atoms with Crippen molar-refractivity contribution in [3.63, 3.8) is 0 Å². The Morgan fingerprint density at radius 1 is 1.30 bits per heavy atom. The Labute approximate surface area is 126 Å². The van der Waals surface area contributed by atoms with Crippen molar-refractivity contribution in [1.82, 2.24) is 5.32 Å². The highest BCUT2D eigenvalue weighted by Gasteiger charge is 2.08. The van der Waals surface area contributed by atoms with Crippen LogP contribution in [0.25, 0.3) is 0 Å². The van der Waals surface area contributed by atoms with Crippen molar-refractivity contribution in [3.8, 4) is 0 Å². The molecule has 0 heterocycles. The van der Waals surface area contributed by atoms with E-state index in [2.05, 4.69) is 31.3 Å². The highest BCUT2D eigenvalue weighted by Crippen LogP contribution is 2.18. The molecule has 0 spiro atoms. The summed E-state index contributed by atoms with van der Waals surface area (Å²) in [6.07, 6.45) is 1.67. The second-order valence-electron chi connectivity index (χ2n) is 5.35. The van der Waals surface area contributed by atoms with E-state index in [0.29, 0.717) is 18.9 Å². The van der Waals surface area contributed by atoms with Crippen LogP contribution in [-0.2, 0) is 4.79 Å². The number of benzene rings is 1. The molecule has 1 aromatic rings. The number of amides is 1. The molecule has 4 heteroatoms. The highest BCUT2D eigenvalue weighted by molar-refractivity contribution is 7.99. The largest absolute Gasteiger partial charge is 0.391 e. The smallest absolute Gasteiger partial charge is 0.220 e. The van der Waals surface area contributed by atoms with Gasteiger partial charge in [-0.25, -0.2) is 0 Å². The SMILES string of the molecule is CC(C)CC(O)CNC(=O)CCCSc1ccccc1. The van der Waals surface area contributed by atoms with Crippen LogP contribution in [-0.4, -0.2) is 29.4 Å². The standard InChI is InChI=1S/C16H25NO2S/c1-13(2)11-14(18)12-17-16(19)9-6-10-20-15-7-4-3-5-8-15/h3-5,7-8,13-14,18H,6,9-12H2,1-2H3,(H,17,19). The third-order valence-electron chi connectivity index (χ3n) is 2.84. The number of rotatable bonds is 9. The van der Waals surface area contributed by atoms with Crippen LogP contribution in [0.15, 0.2) is 35.2 Å². The number of hydrogen-bond donors (Lipinski definition) is 2. The molecule has 3 nitrogen and oxygen atoms in total. The van der Waals surface area contributed by atoms with Crippen molar-refractivity contribution >= 4 is 17.7 Å². The Kier molecular flexibility index (Phi) is 8.38. The Bertz CT molecular complexity index is 381. The number of aliphatic hydroxyl groups excluding tert-OH is 1. The van der Waals surface area contributed by atoms with Crippen molar-refractivity contribution in [2.45, 2.75) is 44.1 Å². The summed E-state index contributed by atoms with van der Waals surface area (Å²) in [6, 6.07) is 10.2. The lowest BCUT2D eigenvalue weighted by Gasteiger charge is -2.13. The van der Waals surface area contributed by atoms with Gasteiger partial charge in [-0.2, -0.15) is 0 Å². The predicted molar refractivity (Wildman–Crippen MR) is 84.9 cm³/mol. The molecule has 0 aromatic heterocycles. The van der Waals surface area contributed by atoms with Gasteiger partial charge in [0.2, 0.25) is 5.91 Å². The first-order chi connectivity index (χ1) is 9.58. The summed E-state index contributed by atoms with van der Waals surface area (Å²) in [7, 11) is 0. The van der Waals surface area contributed by atoms with E-state index in [1.165, 1.54) is 4.90 Å². The zero-order chi connectivity index (χ0) is 14.8. The van der Waals surface area contributed by atoms with E-state index in [0.717, 1.165) is 18.6 Å². The quantitative estimate of drug-likeness (QED) is 0.544. The van der Waals surface area contributed by atoms with Crippen LogP contribution < -0.4 is 5.32 Å². The Morgan fingerprint density at radius 3 is 2.65 bits per heavy atom. The van der Waals surface area contributed by atoms with E-state index in [4.69, 9.17) is 0 Å². The average molecular weight is 295 g/mol. The molecule has 0 aliphatic heterocycles. The molecule has 1 amide bonds. The number of nitrogens with one attached hydrogen (secondary N) is 1. The summed E-state index contributed by atoms with van der Waals surface area (Å²) < 4.78 is 0. The maximum Gasteiger partial charge on any atom is 0.220 e. The van der Waals surface area contributed by atoms with Gasteiger partial charge in [0.05, 0.1) is 6.10 Å². The molecule has 0 fully saturated rings. The van der Waals surface area contributed by atoms with Gasteiger partial charge in [0, 0.05) is 17.9 Å². The lowest BCUT2D eigenvalue weighted by molar-refractivity contribution is -0.121. The van der Waals surface area contributed by atoms with Crippen LogP contribution in [0.1, 0.15) is 33.1 Å². The van der Waals surface area contributed by atoms with Crippen molar-refractivity contribution in [3.05, 3.63) is 30.3 Å². The third kappa shape index (κ3) is 8.23. The fourth-order valence-electron chi connectivity index (χ4n) is 1.89. The first kappa shape index (κ1) is 17.1. The number of aliphatic hydroxyl groups is 1. The molecule has 112 valence electrons. The molecular formula is C16H25NO2S. The van der Waals surface area contributed by atoms with Crippen LogP contribution >= 0.6 is 11.8 Å². The van der Waals surface area contributed by atoms with Gasteiger partial charge >= 0.3 is 0 Å². The minimum atomic E-state index is -0.433. The fourth-order valence-corrected chi connectivity index (χ4v) is 2.76. The van der Waals surface area contributed by atoms with Gasteiger partial charge in [-0.05, 0) is 36.6 Å². The first-order valence-electron chi connectivity index (χ1n) is 7.20. The molecule has 0 aliphatic rings. The molecule has 20 heavy (non-hydrogen) atoms. The molecule has 1 rings (SSSR count). The number of carbonyl (C=O) groups excluding carboxylic acids is 1. The minimum Gasteiger partial charge on any atom is -0.391 e. The number of hydrogen-bond acceptors (Lipinski definition) is 3. The summed E-state index contributed by atoms with van der Waals surface area (Å²) in [5.41, 5.74) is 0. The van der Waals surface area contributed by atoms with Crippen LogP contribution in [0.5, 0.6) is 0 Å². The van der Waals surface area contributed by atoms with Crippen molar-refractivity contribution in [1.29, 1.82) is 0 Å². The van der Waals surface area contributed by atoms with Crippen LogP contribution in [0.2, 0.25) is 0 Å². The topological polar surface area (TPSA) is 49.3 Å². The summed E-state index contributed by atoms with van der Waals surface area (Å²) >= 11 is 1.77. The van der Waals surface area contributed by atoms with E-state index in [-0.39, 0.29) is 5.91 Å². The van der Waals surface area contributed by atoms with Gasteiger partial charge < -0.3 is 10.4 Å². The molecule has 0 saturated carbocycles. The molecular weight excluding hydrogens is 270 g/mol. The van der Waals surface area contributed by atoms with Gasteiger partial charge in [-0.3, -0.25) is 4.79 Å². The number of carbonyl (C=O) groups is 1. The second kappa shape index (κ2) is 9.83. The molecule has 0 saturated heterocycles. The summed E-state index contributed by atoms with van der Waals surface area (Å²) in [4.78, 5) is 12.8. The normalized spacial score (nSPS) is 12.4. The summed E-state index contributed by atoms with van der Waals surface area (Å²) in [6.45, 7) is 4.49. The molecule has 0 aliphatic carbocycles. The van der Waals surface area contributed by atoms with Gasteiger partial charge in [0.25, 0.3) is 0 Å². The lowest BCUT2D eigenvalue weighted by atomic mass is 10.1. The van der Waals surface area contributed by atoms with E-state index in [9.17, 15) is 9.90 Å². The van der Waals surface area contributed by atoms with E-state index >= 15 is 0 Å². The highest BCUT2D eigenvalue weighted by atomic mass is 32.2. The zero-order valence-electron chi connectivity index (χ0n) is 12.3. The Morgan fingerprint density at radius 2 is 2.00 bits per heavy atom. The van der Waals surface area contributed by atoms with Gasteiger partial charge in [-0.15, -0.1) is 11.8 Å². The zero-order valence-corrected chi connectivity index (χ0v) is 13.2. The van der Waals surface area contributed by atoms with Crippen molar-refractivity contribution < 1.29 is 9.90 Å². The fraction of sp³-hybridized carbons (Fsp3) is 0.562. The first-order valence-corrected chi connectivity index (χ1v) is 8.19. The van der Waals surface area contributed by atoms with Crippen LogP contribution in [0.4, 0.5) is 0 Å². The van der Waals surface area contributed by atoms with Gasteiger partial charge in [0.15, 0.2) is 0 Å². The van der Waals surface area contributed by atoms with E-state index in [1.807, 2.05) is 18.2 Å².